The second kappa shape index (κ2) is 6.02. The zero-order chi connectivity index (χ0) is 14.8. The number of anilines is 1. The molecule has 0 radical (unpaired) electrons. The molecule has 1 amide bonds. The van der Waals surface area contributed by atoms with E-state index in [1.165, 1.54) is 24.0 Å². The summed E-state index contributed by atoms with van der Waals surface area (Å²) >= 11 is 3.47. The number of nitrogens with one attached hydrogen (secondary N) is 1. The van der Waals surface area contributed by atoms with Crippen molar-refractivity contribution in [2.45, 2.75) is 32.6 Å². The highest BCUT2D eigenvalue weighted by Gasteiger charge is 2.13. The van der Waals surface area contributed by atoms with Crippen molar-refractivity contribution in [2.75, 3.05) is 5.32 Å². The first-order chi connectivity index (χ1) is 10.1. The highest BCUT2D eigenvalue weighted by molar-refractivity contribution is 9.10. The summed E-state index contributed by atoms with van der Waals surface area (Å²) in [6, 6.07) is 11.9. The van der Waals surface area contributed by atoms with Crippen LogP contribution in [0.1, 0.15) is 39.9 Å². The SMILES string of the molecule is Cc1cc(NC(=O)c2ccc3c(c2)CCCC3)ccc1Br. The molecule has 0 atom stereocenters. The lowest BCUT2D eigenvalue weighted by atomic mass is 9.90. The van der Waals surface area contributed by atoms with E-state index in [1.54, 1.807) is 0 Å². The molecular weight excluding hydrogens is 326 g/mol. The summed E-state index contributed by atoms with van der Waals surface area (Å²) < 4.78 is 1.05. The maximum atomic E-state index is 12.4. The van der Waals surface area contributed by atoms with Gasteiger partial charge >= 0.3 is 0 Å². The van der Waals surface area contributed by atoms with Crippen LogP contribution in [0, 0.1) is 6.92 Å². The first-order valence-corrected chi connectivity index (χ1v) is 8.12. The Morgan fingerprint density at radius 1 is 1.05 bits per heavy atom. The summed E-state index contributed by atoms with van der Waals surface area (Å²) in [7, 11) is 0. The number of amides is 1. The Balaban J connectivity index is 1.80. The summed E-state index contributed by atoms with van der Waals surface area (Å²) in [5.41, 5.74) is 5.42. The zero-order valence-corrected chi connectivity index (χ0v) is 13.7. The number of aryl methyl sites for hydroxylation is 3. The quantitative estimate of drug-likeness (QED) is 0.826. The Morgan fingerprint density at radius 3 is 2.57 bits per heavy atom. The van der Waals surface area contributed by atoms with E-state index in [0.717, 1.165) is 34.1 Å². The van der Waals surface area contributed by atoms with Crippen molar-refractivity contribution < 1.29 is 4.79 Å². The summed E-state index contributed by atoms with van der Waals surface area (Å²) in [6.07, 6.45) is 4.72. The van der Waals surface area contributed by atoms with Crippen LogP contribution < -0.4 is 5.32 Å². The van der Waals surface area contributed by atoms with Crippen LogP contribution >= 0.6 is 15.9 Å². The Labute approximate surface area is 133 Å². The van der Waals surface area contributed by atoms with E-state index in [-0.39, 0.29) is 5.91 Å². The molecule has 0 saturated heterocycles. The number of carbonyl (C=O) groups excluding carboxylic acids is 1. The number of halogens is 1. The van der Waals surface area contributed by atoms with Crippen LogP contribution in [0.25, 0.3) is 0 Å². The minimum Gasteiger partial charge on any atom is -0.322 e. The normalized spacial score (nSPS) is 13.6. The molecule has 0 saturated carbocycles. The van der Waals surface area contributed by atoms with Gasteiger partial charge in [0.25, 0.3) is 5.91 Å². The molecule has 1 aliphatic rings. The van der Waals surface area contributed by atoms with Crippen molar-refractivity contribution in [1.29, 1.82) is 0 Å². The molecule has 0 heterocycles. The van der Waals surface area contributed by atoms with E-state index in [2.05, 4.69) is 33.4 Å². The average Bonchev–Trinajstić information content (AvgIpc) is 2.50. The van der Waals surface area contributed by atoms with Crippen LogP contribution in [0.3, 0.4) is 0 Å². The molecule has 0 fully saturated rings. The standard InChI is InChI=1S/C18H18BrNO/c1-12-10-16(8-9-17(12)19)20-18(21)15-7-6-13-4-2-3-5-14(13)11-15/h6-11H,2-5H2,1H3,(H,20,21). The molecule has 108 valence electrons. The number of hydrogen-bond acceptors (Lipinski definition) is 1. The molecule has 0 spiro atoms. The summed E-state index contributed by atoms with van der Waals surface area (Å²) in [5.74, 6) is -0.0369. The zero-order valence-electron chi connectivity index (χ0n) is 12.1. The van der Waals surface area contributed by atoms with Gasteiger partial charge in [0.05, 0.1) is 0 Å². The molecule has 1 aliphatic carbocycles. The minimum atomic E-state index is -0.0369. The maximum absolute atomic E-state index is 12.4. The molecule has 0 bridgehead atoms. The molecule has 3 heteroatoms. The molecule has 3 rings (SSSR count). The summed E-state index contributed by atoms with van der Waals surface area (Å²) in [6.45, 7) is 2.01. The Hall–Kier alpha value is -1.61. The fraction of sp³-hybridized carbons (Fsp3) is 0.278. The van der Waals surface area contributed by atoms with Crippen molar-refractivity contribution >= 4 is 27.5 Å². The van der Waals surface area contributed by atoms with Gasteiger partial charge in [0.1, 0.15) is 0 Å². The molecule has 1 N–H and O–H groups in total. The van der Waals surface area contributed by atoms with Gasteiger partial charge in [-0.2, -0.15) is 0 Å². The van der Waals surface area contributed by atoms with E-state index in [4.69, 9.17) is 0 Å². The van der Waals surface area contributed by atoms with Gasteiger partial charge in [0, 0.05) is 15.7 Å². The van der Waals surface area contributed by atoms with Crippen LogP contribution in [0.2, 0.25) is 0 Å². The smallest absolute Gasteiger partial charge is 0.255 e. The van der Waals surface area contributed by atoms with Gasteiger partial charge in [-0.15, -0.1) is 0 Å². The Morgan fingerprint density at radius 2 is 1.81 bits per heavy atom. The summed E-state index contributed by atoms with van der Waals surface area (Å²) in [4.78, 5) is 12.4. The van der Waals surface area contributed by atoms with Crippen molar-refractivity contribution in [3.8, 4) is 0 Å². The van der Waals surface area contributed by atoms with E-state index >= 15 is 0 Å². The molecule has 0 aromatic heterocycles. The maximum Gasteiger partial charge on any atom is 0.255 e. The van der Waals surface area contributed by atoms with E-state index in [1.807, 2.05) is 31.2 Å². The lowest BCUT2D eigenvalue weighted by Crippen LogP contribution is -2.13. The number of fused-ring (bicyclic) bond motifs is 1. The van der Waals surface area contributed by atoms with Gasteiger partial charge in [-0.25, -0.2) is 0 Å². The lowest BCUT2D eigenvalue weighted by Gasteiger charge is -2.16. The first kappa shape index (κ1) is 14.3. The van der Waals surface area contributed by atoms with Gasteiger partial charge in [-0.3, -0.25) is 4.79 Å². The van der Waals surface area contributed by atoms with Crippen LogP contribution in [0.4, 0.5) is 5.69 Å². The van der Waals surface area contributed by atoms with E-state index in [9.17, 15) is 4.79 Å². The van der Waals surface area contributed by atoms with Crippen molar-refractivity contribution in [1.82, 2.24) is 0 Å². The summed E-state index contributed by atoms with van der Waals surface area (Å²) in [5, 5.41) is 2.97. The first-order valence-electron chi connectivity index (χ1n) is 7.33. The molecule has 2 aromatic carbocycles. The minimum absolute atomic E-state index is 0.0369. The number of hydrogen-bond donors (Lipinski definition) is 1. The number of carbonyl (C=O) groups is 1. The lowest BCUT2D eigenvalue weighted by molar-refractivity contribution is 0.102. The van der Waals surface area contributed by atoms with Crippen LogP contribution in [-0.4, -0.2) is 5.91 Å². The Kier molecular flexibility index (Phi) is 4.11. The van der Waals surface area contributed by atoms with E-state index in [0.29, 0.717) is 0 Å². The Bertz CT molecular complexity index is 694. The predicted octanol–water partition coefficient (Wildman–Crippen LogP) is 4.89. The van der Waals surface area contributed by atoms with Gasteiger partial charge in [-0.1, -0.05) is 22.0 Å². The van der Waals surface area contributed by atoms with Gasteiger partial charge in [-0.05, 0) is 79.6 Å². The average molecular weight is 344 g/mol. The second-order valence-electron chi connectivity index (χ2n) is 5.61. The third-order valence-electron chi connectivity index (χ3n) is 4.03. The molecule has 0 unspecified atom stereocenters. The van der Waals surface area contributed by atoms with Crippen LogP contribution in [0.5, 0.6) is 0 Å². The van der Waals surface area contributed by atoms with Gasteiger partial charge < -0.3 is 5.32 Å². The predicted molar refractivity (Wildman–Crippen MR) is 89.9 cm³/mol. The number of benzene rings is 2. The fourth-order valence-corrected chi connectivity index (χ4v) is 3.05. The molecular formula is C18H18BrNO. The highest BCUT2D eigenvalue weighted by atomic mass is 79.9. The van der Waals surface area contributed by atoms with Crippen molar-refractivity contribution in [3.63, 3.8) is 0 Å². The molecule has 0 aliphatic heterocycles. The second-order valence-corrected chi connectivity index (χ2v) is 6.46. The third kappa shape index (κ3) is 3.18. The number of rotatable bonds is 2. The monoisotopic (exact) mass is 343 g/mol. The molecule has 2 nitrogen and oxygen atoms in total. The van der Waals surface area contributed by atoms with Crippen molar-refractivity contribution in [3.05, 3.63) is 63.1 Å². The van der Waals surface area contributed by atoms with Crippen molar-refractivity contribution in [2.24, 2.45) is 0 Å². The van der Waals surface area contributed by atoms with Crippen LogP contribution in [-0.2, 0) is 12.8 Å². The van der Waals surface area contributed by atoms with Crippen LogP contribution in [0.15, 0.2) is 40.9 Å². The molecule has 2 aromatic rings. The fourth-order valence-electron chi connectivity index (χ4n) is 2.80. The van der Waals surface area contributed by atoms with Gasteiger partial charge in [0.15, 0.2) is 0 Å². The largest absolute Gasteiger partial charge is 0.322 e. The third-order valence-corrected chi connectivity index (χ3v) is 4.92. The molecule has 21 heavy (non-hydrogen) atoms. The van der Waals surface area contributed by atoms with E-state index < -0.39 is 0 Å². The topological polar surface area (TPSA) is 29.1 Å². The highest BCUT2D eigenvalue weighted by Crippen LogP contribution is 2.24. The van der Waals surface area contributed by atoms with Gasteiger partial charge in [0.2, 0.25) is 0 Å².